The van der Waals surface area contributed by atoms with Crippen LogP contribution in [0.15, 0.2) is 92.0 Å². The van der Waals surface area contributed by atoms with Crippen molar-refractivity contribution in [1.29, 1.82) is 5.26 Å². The highest BCUT2D eigenvalue weighted by Gasteiger charge is 2.18. The normalized spacial score (nSPS) is 10.4. The topological polar surface area (TPSA) is 23.8 Å². The van der Waals surface area contributed by atoms with Gasteiger partial charge in [-0.2, -0.15) is 5.26 Å². The summed E-state index contributed by atoms with van der Waals surface area (Å²) in [6.45, 7) is 8.20. The van der Waals surface area contributed by atoms with Gasteiger partial charge in [-0.15, -0.1) is 0 Å². The third-order valence-electron chi connectivity index (χ3n) is 5.07. The number of benzene rings is 4. The van der Waals surface area contributed by atoms with E-state index < -0.39 is 0 Å². The van der Waals surface area contributed by atoms with Crippen molar-refractivity contribution in [3.63, 3.8) is 0 Å². The van der Waals surface area contributed by atoms with Gasteiger partial charge in [-0.3, -0.25) is 0 Å². The first-order valence-corrected chi connectivity index (χ1v) is 9.18. The van der Waals surface area contributed by atoms with Crippen LogP contribution in [0.4, 0.5) is 0 Å². The van der Waals surface area contributed by atoms with Crippen molar-refractivity contribution < 1.29 is 0 Å². The Hall–Kier alpha value is -3.89. The van der Waals surface area contributed by atoms with E-state index >= 15 is 0 Å². The van der Waals surface area contributed by atoms with Gasteiger partial charge in [0, 0.05) is 0 Å². The Morgan fingerprint density at radius 2 is 1.07 bits per heavy atom. The molecule has 0 aromatic heterocycles. The zero-order valence-electron chi connectivity index (χ0n) is 15.5. The van der Waals surface area contributed by atoms with Gasteiger partial charge in [0.2, 0.25) is 0 Å². The number of nitrogens with zero attached hydrogens (tertiary/aromatic N) is 1. The number of fused-ring (bicyclic) bond motifs is 1. The molecule has 4 aromatic rings. The van der Waals surface area contributed by atoms with Crippen LogP contribution in [-0.2, 0) is 0 Å². The average molecular weight is 357 g/mol. The lowest BCUT2D eigenvalue weighted by molar-refractivity contribution is 1.48. The Labute approximate surface area is 165 Å². The molecular weight excluding hydrogens is 338 g/mol. The molecule has 0 saturated heterocycles. The van der Waals surface area contributed by atoms with Crippen LogP contribution in [0.1, 0.15) is 16.7 Å². The summed E-state index contributed by atoms with van der Waals surface area (Å²) < 4.78 is 0. The quantitative estimate of drug-likeness (QED) is 0.375. The van der Waals surface area contributed by atoms with E-state index in [1.54, 1.807) is 0 Å². The first-order valence-electron chi connectivity index (χ1n) is 9.18. The Balaban J connectivity index is 2.16. The Morgan fingerprint density at radius 3 is 1.54 bits per heavy atom. The largest absolute Gasteiger partial charge is 0.192 e. The van der Waals surface area contributed by atoms with Crippen LogP contribution >= 0.6 is 0 Å². The molecule has 0 aliphatic rings. The van der Waals surface area contributed by atoms with Crippen molar-refractivity contribution in [2.75, 3.05) is 0 Å². The van der Waals surface area contributed by atoms with Crippen molar-refractivity contribution in [2.24, 2.45) is 0 Å². The second kappa shape index (κ2) is 7.39. The predicted molar refractivity (Wildman–Crippen MR) is 120 cm³/mol. The van der Waals surface area contributed by atoms with Crippen LogP contribution in [0, 0.1) is 11.3 Å². The number of hydrogen-bond acceptors (Lipinski definition) is 1. The molecule has 0 fully saturated rings. The fourth-order valence-electron chi connectivity index (χ4n) is 3.84. The summed E-state index contributed by atoms with van der Waals surface area (Å²) in [5.74, 6) is 0. The summed E-state index contributed by atoms with van der Waals surface area (Å²) >= 11 is 0. The van der Waals surface area contributed by atoms with Crippen LogP contribution < -0.4 is 0 Å². The first-order chi connectivity index (χ1) is 13.8. The first kappa shape index (κ1) is 17.5. The average Bonchev–Trinajstić information content (AvgIpc) is 2.78. The number of rotatable bonds is 4. The number of nitriles is 1. The van der Waals surface area contributed by atoms with Gasteiger partial charge in [-0.25, -0.2) is 0 Å². The van der Waals surface area contributed by atoms with Gasteiger partial charge < -0.3 is 0 Å². The van der Waals surface area contributed by atoms with Gasteiger partial charge in [0.25, 0.3) is 0 Å². The van der Waals surface area contributed by atoms with E-state index in [4.69, 9.17) is 5.26 Å². The minimum Gasteiger partial charge on any atom is -0.192 e. The summed E-state index contributed by atoms with van der Waals surface area (Å²) in [7, 11) is 0. The van der Waals surface area contributed by atoms with E-state index in [1.807, 2.05) is 42.5 Å². The van der Waals surface area contributed by atoms with Crippen molar-refractivity contribution in [3.05, 3.63) is 109 Å². The predicted octanol–water partition coefficient (Wildman–Crippen LogP) is 7.33. The SMILES string of the molecule is C=Cc1c(C=C)c(-c2ccc(C#N)cc2)c2ccccc2c1-c1ccccc1. The highest BCUT2D eigenvalue weighted by atomic mass is 14.2. The van der Waals surface area contributed by atoms with Gasteiger partial charge in [-0.1, -0.05) is 92.0 Å². The fourth-order valence-corrected chi connectivity index (χ4v) is 3.84. The molecule has 0 amide bonds. The van der Waals surface area contributed by atoms with Gasteiger partial charge in [0.15, 0.2) is 0 Å². The van der Waals surface area contributed by atoms with Gasteiger partial charge >= 0.3 is 0 Å². The molecule has 1 heteroatoms. The van der Waals surface area contributed by atoms with Crippen LogP contribution in [0.3, 0.4) is 0 Å². The van der Waals surface area contributed by atoms with Crippen LogP contribution in [-0.4, -0.2) is 0 Å². The maximum Gasteiger partial charge on any atom is 0.0991 e. The summed E-state index contributed by atoms with van der Waals surface area (Å²) in [6, 6.07) is 28.7. The zero-order chi connectivity index (χ0) is 19.5. The molecular formula is C27H19N. The molecule has 1 nitrogen and oxygen atoms in total. The van der Waals surface area contributed by atoms with Crippen LogP contribution in [0.2, 0.25) is 0 Å². The van der Waals surface area contributed by atoms with Gasteiger partial charge in [0.1, 0.15) is 0 Å². The second-order valence-corrected chi connectivity index (χ2v) is 6.59. The summed E-state index contributed by atoms with van der Waals surface area (Å²) in [4.78, 5) is 0. The maximum absolute atomic E-state index is 9.14. The molecule has 0 radical (unpaired) electrons. The van der Waals surface area contributed by atoms with Gasteiger partial charge in [-0.05, 0) is 56.3 Å². The molecule has 4 rings (SSSR count). The lowest BCUT2D eigenvalue weighted by Gasteiger charge is -2.20. The summed E-state index contributed by atoms with van der Waals surface area (Å²) in [6.07, 6.45) is 3.82. The van der Waals surface area contributed by atoms with E-state index in [0.29, 0.717) is 5.56 Å². The minimum absolute atomic E-state index is 0.651. The third-order valence-corrected chi connectivity index (χ3v) is 5.07. The Morgan fingerprint density at radius 1 is 0.607 bits per heavy atom. The molecule has 0 aliphatic carbocycles. The smallest absolute Gasteiger partial charge is 0.0991 e. The molecule has 4 aromatic carbocycles. The lowest BCUT2D eigenvalue weighted by atomic mass is 9.83. The van der Waals surface area contributed by atoms with Gasteiger partial charge in [0.05, 0.1) is 11.6 Å². The summed E-state index contributed by atoms with van der Waals surface area (Å²) in [5, 5.41) is 11.5. The fraction of sp³-hybridized carbons (Fsp3) is 0. The molecule has 0 bridgehead atoms. The van der Waals surface area contributed by atoms with Crippen molar-refractivity contribution in [1.82, 2.24) is 0 Å². The van der Waals surface area contributed by atoms with E-state index in [2.05, 4.69) is 67.8 Å². The highest BCUT2D eigenvalue weighted by Crippen LogP contribution is 2.43. The molecule has 0 aliphatic heterocycles. The second-order valence-electron chi connectivity index (χ2n) is 6.59. The third kappa shape index (κ3) is 2.82. The molecule has 28 heavy (non-hydrogen) atoms. The van der Waals surface area contributed by atoms with Crippen molar-refractivity contribution in [2.45, 2.75) is 0 Å². The standard InChI is InChI=1S/C27H19N/c1-3-22-23(4-2)27(21-16-14-19(18-28)15-17-21)25-13-9-8-12-24(25)26(22)20-10-6-5-7-11-20/h3-17H,1-2H2. The molecule has 0 saturated carbocycles. The molecule has 132 valence electrons. The Kier molecular flexibility index (Phi) is 4.62. The molecule has 0 unspecified atom stereocenters. The van der Waals surface area contributed by atoms with Crippen molar-refractivity contribution in [3.8, 4) is 28.3 Å². The monoisotopic (exact) mass is 357 g/mol. The van der Waals surface area contributed by atoms with E-state index in [-0.39, 0.29) is 0 Å². The molecule has 0 spiro atoms. The Bertz CT molecular complexity index is 1220. The molecule has 0 N–H and O–H groups in total. The van der Waals surface area contributed by atoms with Crippen LogP contribution in [0.5, 0.6) is 0 Å². The highest BCUT2D eigenvalue weighted by molar-refractivity contribution is 6.11. The van der Waals surface area contributed by atoms with Crippen molar-refractivity contribution >= 4 is 22.9 Å². The van der Waals surface area contributed by atoms with E-state index in [9.17, 15) is 0 Å². The van der Waals surface area contributed by atoms with E-state index in [0.717, 1.165) is 33.2 Å². The zero-order valence-corrected chi connectivity index (χ0v) is 15.5. The molecule has 0 atom stereocenters. The maximum atomic E-state index is 9.14. The minimum atomic E-state index is 0.651. The lowest BCUT2D eigenvalue weighted by Crippen LogP contribution is -1.96. The van der Waals surface area contributed by atoms with E-state index in [1.165, 1.54) is 10.9 Å². The molecule has 0 heterocycles. The summed E-state index contributed by atoms with van der Waals surface area (Å²) in [5.41, 5.74) is 7.27. The van der Waals surface area contributed by atoms with Crippen LogP contribution in [0.25, 0.3) is 45.2 Å². The number of hydrogen-bond donors (Lipinski definition) is 0.